The van der Waals surface area contributed by atoms with Gasteiger partial charge in [0.2, 0.25) is 5.91 Å². The molecule has 0 radical (unpaired) electrons. The number of hydrogen-bond donors (Lipinski definition) is 2. The molecule has 1 fully saturated rings. The number of likely N-dealkylation sites (tertiary alicyclic amines) is 1. The molecule has 0 aliphatic carbocycles. The lowest BCUT2D eigenvalue weighted by molar-refractivity contribution is -0.162. The first kappa shape index (κ1) is 13.6. The molecule has 98 valence electrons. The molecule has 17 heavy (non-hydrogen) atoms. The summed E-state index contributed by atoms with van der Waals surface area (Å²) in [6.07, 6.45) is -6.42. The Balaban J connectivity index is 2.36. The summed E-state index contributed by atoms with van der Waals surface area (Å²) in [5.74, 6) is -0.953. The van der Waals surface area contributed by atoms with E-state index in [0.717, 1.165) is 4.90 Å². The van der Waals surface area contributed by atoms with E-state index in [9.17, 15) is 22.8 Å². The lowest BCUT2D eigenvalue weighted by Crippen LogP contribution is -2.46. The summed E-state index contributed by atoms with van der Waals surface area (Å²) in [4.78, 5) is 22.7. The van der Waals surface area contributed by atoms with Crippen LogP contribution in [0.2, 0.25) is 0 Å². The molecule has 1 aliphatic heterocycles. The molecule has 1 saturated heterocycles. The van der Waals surface area contributed by atoms with Crippen molar-refractivity contribution >= 4 is 12.0 Å². The average Bonchev–Trinajstić information content (AvgIpc) is 2.15. The van der Waals surface area contributed by atoms with Gasteiger partial charge in [-0.2, -0.15) is 13.2 Å². The summed E-state index contributed by atoms with van der Waals surface area (Å²) in [6, 6.07) is -0.289. The number of alkyl halides is 3. The number of nitrogens with zero attached hydrogens (tertiary/aromatic N) is 1. The van der Waals surface area contributed by atoms with Crippen molar-refractivity contribution in [3.8, 4) is 0 Å². The number of halogens is 3. The maximum Gasteiger partial charge on any atom is 0.404 e. The standard InChI is InChI=1S/C9H13F3N2O3/c10-9(11,12)5-7(15)14-3-1-6(2-4-14)13-8(16)17/h6,13H,1-5H2,(H,16,17). The molecule has 1 aliphatic rings. The van der Waals surface area contributed by atoms with Crippen LogP contribution in [-0.2, 0) is 4.79 Å². The van der Waals surface area contributed by atoms with E-state index >= 15 is 0 Å². The molecule has 1 rings (SSSR count). The first-order valence-electron chi connectivity index (χ1n) is 5.12. The molecule has 1 heterocycles. The molecule has 0 aromatic carbocycles. The minimum Gasteiger partial charge on any atom is -0.465 e. The van der Waals surface area contributed by atoms with Gasteiger partial charge in [-0.25, -0.2) is 4.79 Å². The van der Waals surface area contributed by atoms with Gasteiger partial charge in [0.25, 0.3) is 0 Å². The van der Waals surface area contributed by atoms with Crippen LogP contribution in [0.25, 0.3) is 0 Å². The second-order valence-electron chi connectivity index (χ2n) is 3.90. The molecule has 0 aromatic heterocycles. The first-order valence-corrected chi connectivity index (χ1v) is 5.12. The Morgan fingerprint density at radius 2 is 1.82 bits per heavy atom. The number of nitrogens with one attached hydrogen (secondary N) is 1. The van der Waals surface area contributed by atoms with Crippen LogP contribution in [0.1, 0.15) is 19.3 Å². The predicted molar refractivity (Wildman–Crippen MR) is 51.4 cm³/mol. The zero-order valence-electron chi connectivity index (χ0n) is 8.96. The highest BCUT2D eigenvalue weighted by atomic mass is 19.4. The molecule has 2 N–H and O–H groups in total. The van der Waals surface area contributed by atoms with Crippen LogP contribution in [0.4, 0.5) is 18.0 Å². The fourth-order valence-electron chi connectivity index (χ4n) is 1.73. The smallest absolute Gasteiger partial charge is 0.404 e. The number of rotatable bonds is 2. The van der Waals surface area contributed by atoms with E-state index in [1.807, 2.05) is 0 Å². The van der Waals surface area contributed by atoms with Crippen LogP contribution in [0.5, 0.6) is 0 Å². The number of hydrogen-bond acceptors (Lipinski definition) is 2. The highest BCUT2D eigenvalue weighted by Crippen LogP contribution is 2.22. The van der Waals surface area contributed by atoms with Gasteiger partial charge in [-0.15, -0.1) is 0 Å². The van der Waals surface area contributed by atoms with Gasteiger partial charge in [-0.1, -0.05) is 0 Å². The summed E-state index contributed by atoms with van der Waals surface area (Å²) >= 11 is 0. The van der Waals surface area contributed by atoms with Crippen LogP contribution < -0.4 is 5.32 Å². The number of carboxylic acid groups (broad SMARTS) is 1. The number of carbonyl (C=O) groups is 2. The summed E-state index contributed by atoms with van der Waals surface area (Å²) in [5.41, 5.74) is 0. The fraction of sp³-hybridized carbons (Fsp3) is 0.778. The van der Waals surface area contributed by atoms with Crippen LogP contribution >= 0.6 is 0 Å². The lowest BCUT2D eigenvalue weighted by atomic mass is 10.0. The Kier molecular flexibility index (Phi) is 4.19. The van der Waals surface area contributed by atoms with E-state index in [0.29, 0.717) is 12.8 Å². The zero-order chi connectivity index (χ0) is 13.1. The Morgan fingerprint density at radius 3 is 2.24 bits per heavy atom. The molecule has 0 saturated carbocycles. The van der Waals surface area contributed by atoms with Gasteiger partial charge < -0.3 is 15.3 Å². The largest absolute Gasteiger partial charge is 0.465 e. The van der Waals surface area contributed by atoms with Crippen molar-refractivity contribution in [2.45, 2.75) is 31.5 Å². The molecule has 0 bridgehead atoms. The number of amides is 2. The van der Waals surface area contributed by atoms with Gasteiger partial charge in [0, 0.05) is 19.1 Å². The third-order valence-corrected chi connectivity index (χ3v) is 2.53. The number of piperidine rings is 1. The van der Waals surface area contributed by atoms with Crippen LogP contribution in [0, 0.1) is 0 Å². The zero-order valence-corrected chi connectivity index (χ0v) is 8.96. The third-order valence-electron chi connectivity index (χ3n) is 2.53. The minimum atomic E-state index is -4.49. The summed E-state index contributed by atoms with van der Waals surface area (Å²) in [7, 11) is 0. The normalized spacial score (nSPS) is 17.9. The average molecular weight is 254 g/mol. The Bertz CT molecular complexity index is 298. The topological polar surface area (TPSA) is 69.6 Å². The van der Waals surface area contributed by atoms with Crippen molar-refractivity contribution in [3.05, 3.63) is 0 Å². The second kappa shape index (κ2) is 5.24. The summed E-state index contributed by atoms with van der Waals surface area (Å²) < 4.78 is 35.9. The van der Waals surface area contributed by atoms with E-state index in [4.69, 9.17) is 5.11 Å². The fourth-order valence-corrected chi connectivity index (χ4v) is 1.73. The predicted octanol–water partition coefficient (Wildman–Crippen LogP) is 1.20. The maximum absolute atomic E-state index is 12.0. The van der Waals surface area contributed by atoms with E-state index in [1.54, 1.807) is 0 Å². The first-order chi connectivity index (χ1) is 7.78. The van der Waals surface area contributed by atoms with Gasteiger partial charge in [-0.05, 0) is 12.8 Å². The monoisotopic (exact) mass is 254 g/mol. The highest BCUT2D eigenvalue weighted by molar-refractivity contribution is 5.77. The maximum atomic E-state index is 12.0. The van der Waals surface area contributed by atoms with Crippen LogP contribution in [0.3, 0.4) is 0 Å². The van der Waals surface area contributed by atoms with Crippen molar-refractivity contribution in [2.75, 3.05) is 13.1 Å². The van der Waals surface area contributed by atoms with Gasteiger partial charge in [0.05, 0.1) is 0 Å². The van der Waals surface area contributed by atoms with Crippen LogP contribution in [-0.4, -0.2) is 47.3 Å². The van der Waals surface area contributed by atoms with Crippen LogP contribution in [0.15, 0.2) is 0 Å². The molecular weight excluding hydrogens is 241 g/mol. The molecule has 0 unspecified atom stereocenters. The minimum absolute atomic E-state index is 0.153. The Morgan fingerprint density at radius 1 is 1.29 bits per heavy atom. The molecule has 8 heteroatoms. The molecule has 0 aromatic rings. The molecular formula is C9H13F3N2O3. The van der Waals surface area contributed by atoms with E-state index in [1.165, 1.54) is 0 Å². The Hall–Kier alpha value is -1.47. The van der Waals surface area contributed by atoms with E-state index in [-0.39, 0.29) is 19.1 Å². The van der Waals surface area contributed by atoms with Crippen molar-refractivity contribution in [1.29, 1.82) is 0 Å². The van der Waals surface area contributed by atoms with Gasteiger partial charge >= 0.3 is 12.3 Å². The molecule has 5 nitrogen and oxygen atoms in total. The summed E-state index contributed by atoms with van der Waals surface area (Å²) in [5, 5.41) is 10.7. The second-order valence-corrected chi connectivity index (χ2v) is 3.90. The summed E-state index contributed by atoms with van der Waals surface area (Å²) in [6.45, 7) is 0.305. The molecule has 0 atom stereocenters. The van der Waals surface area contributed by atoms with Crippen molar-refractivity contribution in [3.63, 3.8) is 0 Å². The SMILES string of the molecule is O=C(O)NC1CCN(C(=O)CC(F)(F)F)CC1. The third kappa shape index (κ3) is 4.92. The van der Waals surface area contributed by atoms with Crippen molar-refractivity contribution < 1.29 is 27.9 Å². The van der Waals surface area contributed by atoms with Gasteiger partial charge in [0.1, 0.15) is 6.42 Å². The van der Waals surface area contributed by atoms with E-state index in [2.05, 4.69) is 5.32 Å². The highest BCUT2D eigenvalue weighted by Gasteiger charge is 2.34. The van der Waals surface area contributed by atoms with Crippen molar-refractivity contribution in [1.82, 2.24) is 10.2 Å². The lowest BCUT2D eigenvalue weighted by Gasteiger charge is -2.32. The van der Waals surface area contributed by atoms with Crippen molar-refractivity contribution in [2.24, 2.45) is 0 Å². The van der Waals surface area contributed by atoms with E-state index < -0.39 is 24.6 Å². The van der Waals surface area contributed by atoms with Gasteiger partial charge in [-0.3, -0.25) is 4.79 Å². The quantitative estimate of drug-likeness (QED) is 0.777. The molecule has 2 amide bonds. The Labute approximate surface area is 95.6 Å². The van der Waals surface area contributed by atoms with Gasteiger partial charge in [0.15, 0.2) is 0 Å². The molecule has 0 spiro atoms. The number of carbonyl (C=O) groups excluding carboxylic acids is 1.